The Morgan fingerprint density at radius 1 is 1.18 bits per heavy atom. The van der Waals surface area contributed by atoms with Gasteiger partial charge >= 0.3 is 0 Å². The van der Waals surface area contributed by atoms with Crippen LogP contribution in [-0.2, 0) is 15.4 Å². The molecule has 1 aromatic carbocycles. The Bertz CT molecular complexity index is 1580. The average molecular weight is 554 g/mol. The highest BCUT2D eigenvalue weighted by Crippen LogP contribution is 2.44. The van der Waals surface area contributed by atoms with Gasteiger partial charge in [0.2, 0.25) is 0 Å². The van der Waals surface area contributed by atoms with Gasteiger partial charge in [-0.05, 0) is 26.7 Å². The fourth-order valence-electron chi connectivity index (χ4n) is 4.86. The highest BCUT2D eigenvalue weighted by atomic mass is 32.2. The van der Waals surface area contributed by atoms with E-state index < -0.39 is 56.7 Å². The van der Waals surface area contributed by atoms with Crippen LogP contribution in [0.3, 0.4) is 0 Å². The summed E-state index contributed by atoms with van der Waals surface area (Å²) in [6.45, 7) is 2.60. The predicted molar refractivity (Wildman–Crippen MR) is 136 cm³/mol. The summed E-state index contributed by atoms with van der Waals surface area (Å²) in [5.41, 5.74) is -1.81. The second kappa shape index (κ2) is 9.21. The first-order chi connectivity index (χ1) is 17.9. The Hall–Kier alpha value is -3.22. The number of hydrogen-bond donors (Lipinski definition) is 1. The Kier molecular flexibility index (Phi) is 6.40. The molecule has 1 aliphatic carbocycles. The molecule has 2 aromatic heterocycles. The quantitative estimate of drug-likeness (QED) is 0.421. The molecule has 204 valence electrons. The standard InChI is InChI=1S/C25H27F4N5O3S/c1-13(16-5-4-6-17(19(16)27)22(28)29)30-23-18-11-34(25(12-26)7-8-25)24(35)21(20(18)31-14(2)32-23)33-9-15(10-33)38(3,36)37/h4-6,11,13,15,22H,7-10,12H2,1-3H3,(H,30,31,32)/t13-/m1/s1. The van der Waals surface area contributed by atoms with Gasteiger partial charge in [-0.3, -0.25) is 4.79 Å². The third-order valence-electron chi connectivity index (χ3n) is 7.43. The molecular formula is C25H27F4N5O3S. The number of alkyl halides is 3. The maximum Gasteiger partial charge on any atom is 0.276 e. The fraction of sp³-hybridized carbons (Fsp3) is 0.480. The second-order valence-corrected chi connectivity index (χ2v) is 12.5. The molecule has 0 unspecified atom stereocenters. The van der Waals surface area contributed by atoms with Crippen molar-refractivity contribution in [3.63, 3.8) is 0 Å². The number of sulfone groups is 1. The van der Waals surface area contributed by atoms with Gasteiger partial charge < -0.3 is 14.8 Å². The van der Waals surface area contributed by atoms with Gasteiger partial charge in [0, 0.05) is 31.1 Å². The van der Waals surface area contributed by atoms with Crippen molar-refractivity contribution in [3.05, 3.63) is 57.5 Å². The van der Waals surface area contributed by atoms with Crippen LogP contribution < -0.4 is 15.8 Å². The summed E-state index contributed by atoms with van der Waals surface area (Å²) >= 11 is 0. The van der Waals surface area contributed by atoms with Gasteiger partial charge in [-0.1, -0.05) is 18.2 Å². The van der Waals surface area contributed by atoms with Crippen LogP contribution in [0.25, 0.3) is 10.9 Å². The van der Waals surface area contributed by atoms with Gasteiger partial charge in [-0.15, -0.1) is 0 Å². The SMILES string of the molecule is Cc1nc(N[C@H](C)c2cccc(C(F)F)c2F)c2cn(C3(CF)CC3)c(=O)c(N3CC(S(C)(=O)=O)C3)c2n1. The van der Waals surface area contributed by atoms with E-state index >= 15 is 0 Å². The van der Waals surface area contributed by atoms with Crippen molar-refractivity contribution >= 4 is 32.2 Å². The van der Waals surface area contributed by atoms with Crippen molar-refractivity contribution in [3.8, 4) is 0 Å². The van der Waals surface area contributed by atoms with Gasteiger partial charge in [0.15, 0.2) is 9.84 Å². The van der Waals surface area contributed by atoms with Gasteiger partial charge in [0.1, 0.15) is 35.3 Å². The monoisotopic (exact) mass is 553 g/mol. The van der Waals surface area contributed by atoms with Gasteiger partial charge in [0.05, 0.1) is 27.8 Å². The lowest BCUT2D eigenvalue weighted by atomic mass is 10.0. The van der Waals surface area contributed by atoms with Crippen LogP contribution in [0.4, 0.5) is 29.1 Å². The van der Waals surface area contributed by atoms with Crippen LogP contribution in [0.2, 0.25) is 0 Å². The van der Waals surface area contributed by atoms with E-state index in [0.717, 1.165) is 12.3 Å². The smallest absolute Gasteiger partial charge is 0.276 e. The Labute approximate surface area is 216 Å². The molecule has 0 bridgehead atoms. The van der Waals surface area contributed by atoms with Crippen molar-refractivity contribution in [1.82, 2.24) is 14.5 Å². The van der Waals surface area contributed by atoms with Crippen molar-refractivity contribution in [2.45, 2.75) is 49.9 Å². The van der Waals surface area contributed by atoms with Crippen molar-refractivity contribution in [1.29, 1.82) is 0 Å². The number of anilines is 2. The Morgan fingerprint density at radius 2 is 1.84 bits per heavy atom. The molecule has 1 atom stereocenters. The lowest BCUT2D eigenvalue weighted by molar-refractivity contribution is 0.146. The van der Waals surface area contributed by atoms with E-state index in [4.69, 9.17) is 0 Å². The number of nitrogens with zero attached hydrogens (tertiary/aromatic N) is 4. The maximum atomic E-state index is 14.9. The van der Waals surface area contributed by atoms with Gasteiger partial charge in [-0.2, -0.15) is 0 Å². The lowest BCUT2D eigenvalue weighted by Crippen LogP contribution is -2.56. The largest absolute Gasteiger partial charge is 0.363 e. The van der Waals surface area contributed by atoms with E-state index in [1.54, 1.807) is 18.7 Å². The van der Waals surface area contributed by atoms with Crippen LogP contribution >= 0.6 is 0 Å². The summed E-state index contributed by atoms with van der Waals surface area (Å²) < 4.78 is 80.8. The van der Waals surface area contributed by atoms with E-state index in [1.165, 1.54) is 22.9 Å². The first-order valence-electron chi connectivity index (χ1n) is 12.1. The zero-order valence-corrected chi connectivity index (χ0v) is 21.8. The highest BCUT2D eigenvalue weighted by molar-refractivity contribution is 7.91. The van der Waals surface area contributed by atoms with Crippen molar-refractivity contribution < 1.29 is 26.0 Å². The van der Waals surface area contributed by atoms with Gasteiger partial charge in [-0.25, -0.2) is 35.9 Å². The zero-order chi connectivity index (χ0) is 27.6. The number of aromatic nitrogens is 3. The molecule has 1 N–H and O–H groups in total. The van der Waals surface area contributed by atoms with Crippen molar-refractivity contribution in [2.75, 3.05) is 36.2 Å². The van der Waals surface area contributed by atoms with Crippen LogP contribution in [0.5, 0.6) is 0 Å². The van der Waals surface area contributed by atoms with E-state index in [1.807, 2.05) is 0 Å². The molecule has 0 radical (unpaired) electrons. The molecule has 8 nitrogen and oxygen atoms in total. The molecule has 0 amide bonds. The second-order valence-electron chi connectivity index (χ2n) is 10.2. The maximum absolute atomic E-state index is 14.9. The molecule has 3 aromatic rings. The fourth-order valence-corrected chi connectivity index (χ4v) is 5.76. The number of fused-ring (bicyclic) bond motifs is 1. The molecule has 1 saturated heterocycles. The van der Waals surface area contributed by atoms with Crippen molar-refractivity contribution in [2.24, 2.45) is 0 Å². The molecule has 2 aliphatic rings. The first-order valence-corrected chi connectivity index (χ1v) is 14.1. The van der Waals surface area contributed by atoms with Crippen LogP contribution in [0.15, 0.2) is 29.2 Å². The summed E-state index contributed by atoms with van der Waals surface area (Å²) in [6, 6.07) is 2.96. The van der Waals surface area contributed by atoms with E-state index in [2.05, 4.69) is 15.3 Å². The zero-order valence-electron chi connectivity index (χ0n) is 21.0. The highest BCUT2D eigenvalue weighted by Gasteiger charge is 2.47. The first kappa shape index (κ1) is 26.4. The molecule has 5 rings (SSSR count). The molecule has 3 heterocycles. The predicted octanol–water partition coefficient (Wildman–Crippen LogP) is 4.04. The Morgan fingerprint density at radius 3 is 2.42 bits per heavy atom. The third-order valence-corrected chi connectivity index (χ3v) is 8.94. The van der Waals surface area contributed by atoms with Gasteiger partial charge in [0.25, 0.3) is 12.0 Å². The summed E-state index contributed by atoms with van der Waals surface area (Å²) in [5, 5.41) is 2.77. The van der Waals surface area contributed by atoms with Crippen LogP contribution in [-0.4, -0.2) is 54.2 Å². The number of halogens is 4. The summed E-state index contributed by atoms with van der Waals surface area (Å²) in [4.78, 5) is 24.2. The number of aryl methyl sites for hydroxylation is 1. The molecule has 1 saturated carbocycles. The average Bonchev–Trinajstić information content (AvgIpc) is 3.59. The topological polar surface area (TPSA) is 97.2 Å². The van der Waals surface area contributed by atoms with E-state index in [-0.39, 0.29) is 41.5 Å². The summed E-state index contributed by atoms with van der Waals surface area (Å²) in [7, 11) is -3.33. The number of benzene rings is 1. The Balaban J connectivity index is 1.64. The number of nitrogens with one attached hydrogen (secondary N) is 1. The van der Waals surface area contributed by atoms with Crippen LogP contribution in [0.1, 0.15) is 49.2 Å². The lowest BCUT2D eigenvalue weighted by Gasteiger charge is -2.40. The number of rotatable bonds is 8. The van der Waals surface area contributed by atoms with E-state index in [9.17, 15) is 30.8 Å². The molecule has 38 heavy (non-hydrogen) atoms. The molecule has 2 fully saturated rings. The minimum absolute atomic E-state index is 0.00178. The summed E-state index contributed by atoms with van der Waals surface area (Å²) in [6.07, 6.45) is 0.540. The third kappa shape index (κ3) is 4.40. The molecular weight excluding hydrogens is 526 g/mol. The minimum Gasteiger partial charge on any atom is -0.363 e. The summed E-state index contributed by atoms with van der Waals surface area (Å²) in [5.74, 6) is -0.539. The van der Waals surface area contributed by atoms with E-state index in [0.29, 0.717) is 18.2 Å². The normalized spacial score (nSPS) is 18.1. The molecule has 1 aliphatic heterocycles. The minimum atomic E-state index is -3.33. The van der Waals surface area contributed by atoms with Crippen LogP contribution in [0, 0.1) is 12.7 Å². The molecule has 13 heteroatoms. The molecule has 0 spiro atoms. The number of hydrogen-bond acceptors (Lipinski definition) is 7. The number of pyridine rings is 1.